The average Bonchev–Trinajstić information content (AvgIpc) is 2.73. The lowest BCUT2D eigenvalue weighted by atomic mass is 9.64. The summed E-state index contributed by atoms with van der Waals surface area (Å²) in [4.78, 5) is 2.69. The van der Waals surface area contributed by atoms with Crippen LogP contribution in [0.25, 0.3) is 0 Å². The van der Waals surface area contributed by atoms with Crippen molar-refractivity contribution < 1.29 is 0 Å². The quantitative estimate of drug-likeness (QED) is 0.912. The molecule has 1 spiro atoms. The van der Waals surface area contributed by atoms with Gasteiger partial charge in [-0.3, -0.25) is 0 Å². The standard InChI is InChI=1S/C19H30N2/c1-2-13-21-14-6-9-19(11-15-21)10-12-20-16-18(19)17-7-4-3-5-8-17/h3-5,7-8,18,20H,2,6,9-16H2,1H3. The minimum absolute atomic E-state index is 0.537. The van der Waals surface area contributed by atoms with Gasteiger partial charge in [0.1, 0.15) is 0 Å². The fraction of sp³-hybridized carbons (Fsp3) is 0.684. The molecule has 1 aromatic carbocycles. The Morgan fingerprint density at radius 1 is 1.14 bits per heavy atom. The molecule has 0 bridgehead atoms. The van der Waals surface area contributed by atoms with E-state index in [-0.39, 0.29) is 0 Å². The first-order valence-electron chi connectivity index (χ1n) is 8.82. The topological polar surface area (TPSA) is 15.3 Å². The highest BCUT2D eigenvalue weighted by molar-refractivity contribution is 5.24. The van der Waals surface area contributed by atoms with Crippen molar-refractivity contribution >= 4 is 0 Å². The molecule has 0 saturated carbocycles. The van der Waals surface area contributed by atoms with Crippen molar-refractivity contribution in [2.75, 3.05) is 32.7 Å². The lowest BCUT2D eigenvalue weighted by Gasteiger charge is -2.45. The molecule has 1 aromatic rings. The molecular formula is C19H30N2. The van der Waals surface area contributed by atoms with Crippen molar-refractivity contribution in [2.45, 2.75) is 44.9 Å². The van der Waals surface area contributed by atoms with Gasteiger partial charge < -0.3 is 10.2 Å². The summed E-state index contributed by atoms with van der Waals surface area (Å²) >= 11 is 0. The van der Waals surface area contributed by atoms with E-state index in [9.17, 15) is 0 Å². The molecule has 2 unspecified atom stereocenters. The molecule has 2 aliphatic heterocycles. The van der Waals surface area contributed by atoms with Crippen LogP contribution in [0.3, 0.4) is 0 Å². The van der Waals surface area contributed by atoms with Crippen LogP contribution in [0.5, 0.6) is 0 Å². The number of likely N-dealkylation sites (tertiary alicyclic amines) is 1. The van der Waals surface area contributed by atoms with E-state index in [0.717, 1.165) is 6.54 Å². The SMILES string of the molecule is CCCN1CCCC2(CCNCC2c2ccccc2)CC1. The zero-order chi connectivity index (χ0) is 14.5. The second-order valence-corrected chi connectivity index (χ2v) is 6.97. The third-order valence-electron chi connectivity index (χ3n) is 5.70. The van der Waals surface area contributed by atoms with Crippen molar-refractivity contribution in [3.8, 4) is 0 Å². The maximum absolute atomic E-state index is 3.65. The molecule has 0 radical (unpaired) electrons. The van der Waals surface area contributed by atoms with Gasteiger partial charge in [-0.2, -0.15) is 0 Å². The summed E-state index contributed by atoms with van der Waals surface area (Å²) in [5, 5.41) is 3.65. The summed E-state index contributed by atoms with van der Waals surface area (Å²) in [5.41, 5.74) is 2.09. The maximum Gasteiger partial charge on any atom is 0.00255 e. The van der Waals surface area contributed by atoms with E-state index in [2.05, 4.69) is 47.5 Å². The Bertz CT molecular complexity index is 430. The molecule has 2 aliphatic rings. The van der Waals surface area contributed by atoms with Crippen LogP contribution in [0.15, 0.2) is 30.3 Å². The van der Waals surface area contributed by atoms with E-state index in [4.69, 9.17) is 0 Å². The molecule has 2 saturated heterocycles. The summed E-state index contributed by atoms with van der Waals surface area (Å²) in [7, 11) is 0. The summed E-state index contributed by atoms with van der Waals surface area (Å²) in [6.07, 6.45) is 6.81. The minimum Gasteiger partial charge on any atom is -0.316 e. The van der Waals surface area contributed by atoms with Gasteiger partial charge in [0.25, 0.3) is 0 Å². The monoisotopic (exact) mass is 286 g/mol. The largest absolute Gasteiger partial charge is 0.316 e. The highest BCUT2D eigenvalue weighted by Gasteiger charge is 2.41. The van der Waals surface area contributed by atoms with Crippen LogP contribution in [0, 0.1) is 5.41 Å². The van der Waals surface area contributed by atoms with Gasteiger partial charge in [-0.15, -0.1) is 0 Å². The number of hydrogen-bond donors (Lipinski definition) is 1. The van der Waals surface area contributed by atoms with E-state index in [1.807, 2.05) is 0 Å². The van der Waals surface area contributed by atoms with E-state index in [1.165, 1.54) is 58.3 Å². The number of hydrogen-bond acceptors (Lipinski definition) is 2. The minimum atomic E-state index is 0.537. The third-order valence-corrected chi connectivity index (χ3v) is 5.70. The van der Waals surface area contributed by atoms with Crippen molar-refractivity contribution in [1.29, 1.82) is 0 Å². The van der Waals surface area contributed by atoms with E-state index in [0.29, 0.717) is 11.3 Å². The molecule has 2 atom stereocenters. The molecule has 0 amide bonds. The van der Waals surface area contributed by atoms with Crippen LogP contribution in [0.1, 0.15) is 50.5 Å². The molecule has 3 rings (SSSR count). The molecule has 2 fully saturated rings. The molecule has 2 heteroatoms. The molecule has 2 nitrogen and oxygen atoms in total. The van der Waals surface area contributed by atoms with E-state index >= 15 is 0 Å². The van der Waals surface area contributed by atoms with Crippen LogP contribution in [-0.4, -0.2) is 37.6 Å². The first-order valence-corrected chi connectivity index (χ1v) is 8.82. The average molecular weight is 286 g/mol. The van der Waals surface area contributed by atoms with Gasteiger partial charge in [0.2, 0.25) is 0 Å². The molecular weight excluding hydrogens is 256 g/mol. The van der Waals surface area contributed by atoms with Gasteiger partial charge in [0.15, 0.2) is 0 Å². The fourth-order valence-corrected chi connectivity index (χ4v) is 4.54. The van der Waals surface area contributed by atoms with E-state index in [1.54, 1.807) is 5.56 Å². The smallest absolute Gasteiger partial charge is 0.00255 e. The second-order valence-electron chi connectivity index (χ2n) is 6.97. The molecule has 0 aromatic heterocycles. The molecule has 1 N–H and O–H groups in total. The number of piperidine rings is 1. The van der Waals surface area contributed by atoms with Crippen LogP contribution < -0.4 is 5.32 Å². The van der Waals surface area contributed by atoms with Crippen molar-refractivity contribution in [3.63, 3.8) is 0 Å². The summed E-state index contributed by atoms with van der Waals surface area (Å²) in [5.74, 6) is 0.703. The molecule has 21 heavy (non-hydrogen) atoms. The Kier molecular flexibility index (Phi) is 4.97. The number of benzene rings is 1. The number of nitrogens with one attached hydrogen (secondary N) is 1. The van der Waals surface area contributed by atoms with Crippen LogP contribution in [0.2, 0.25) is 0 Å². The first-order chi connectivity index (χ1) is 10.3. The van der Waals surface area contributed by atoms with E-state index < -0.39 is 0 Å². The first kappa shape index (κ1) is 15.1. The predicted molar refractivity (Wildman–Crippen MR) is 89.7 cm³/mol. The summed E-state index contributed by atoms with van der Waals surface area (Å²) < 4.78 is 0. The highest BCUT2D eigenvalue weighted by Crippen LogP contribution is 2.48. The highest BCUT2D eigenvalue weighted by atomic mass is 15.1. The normalized spacial score (nSPS) is 31.2. The Hall–Kier alpha value is -0.860. The molecule has 0 aliphatic carbocycles. The molecule has 2 heterocycles. The number of nitrogens with zero attached hydrogens (tertiary/aromatic N) is 1. The van der Waals surface area contributed by atoms with Gasteiger partial charge in [-0.05, 0) is 69.3 Å². The zero-order valence-electron chi connectivity index (χ0n) is 13.5. The summed E-state index contributed by atoms with van der Waals surface area (Å²) in [6.45, 7) is 8.57. The lowest BCUT2D eigenvalue weighted by Crippen LogP contribution is -2.44. The van der Waals surface area contributed by atoms with Crippen molar-refractivity contribution in [1.82, 2.24) is 10.2 Å². The number of rotatable bonds is 3. The van der Waals surface area contributed by atoms with Gasteiger partial charge in [0, 0.05) is 12.5 Å². The van der Waals surface area contributed by atoms with Crippen molar-refractivity contribution in [3.05, 3.63) is 35.9 Å². The van der Waals surface area contributed by atoms with Crippen LogP contribution in [0.4, 0.5) is 0 Å². The third kappa shape index (κ3) is 3.32. The second kappa shape index (κ2) is 6.93. The van der Waals surface area contributed by atoms with Crippen LogP contribution >= 0.6 is 0 Å². The maximum atomic E-state index is 3.65. The Labute approximate surface area is 129 Å². The lowest BCUT2D eigenvalue weighted by molar-refractivity contribution is 0.135. The Balaban J connectivity index is 1.79. The van der Waals surface area contributed by atoms with Gasteiger partial charge in [0.05, 0.1) is 0 Å². The van der Waals surface area contributed by atoms with Gasteiger partial charge in [-0.25, -0.2) is 0 Å². The summed E-state index contributed by atoms with van der Waals surface area (Å²) in [6, 6.07) is 11.2. The Morgan fingerprint density at radius 2 is 2.00 bits per heavy atom. The van der Waals surface area contributed by atoms with Crippen LogP contribution in [-0.2, 0) is 0 Å². The van der Waals surface area contributed by atoms with Gasteiger partial charge >= 0.3 is 0 Å². The molecule has 116 valence electrons. The van der Waals surface area contributed by atoms with Gasteiger partial charge in [-0.1, -0.05) is 37.3 Å². The fourth-order valence-electron chi connectivity index (χ4n) is 4.54. The zero-order valence-corrected chi connectivity index (χ0v) is 13.5. The predicted octanol–water partition coefficient (Wildman–Crippen LogP) is 3.65. The Morgan fingerprint density at radius 3 is 2.81 bits per heavy atom. The van der Waals surface area contributed by atoms with Crippen molar-refractivity contribution in [2.24, 2.45) is 5.41 Å².